The van der Waals surface area contributed by atoms with E-state index in [1.807, 2.05) is 0 Å². The monoisotopic (exact) mass is 254 g/mol. The van der Waals surface area contributed by atoms with E-state index in [1.165, 1.54) is 32.2 Å². The first kappa shape index (κ1) is 14.3. The first-order valence-electron chi connectivity index (χ1n) is 7.61. The third-order valence-corrected chi connectivity index (χ3v) is 4.87. The molecule has 1 aliphatic heterocycles. The topological polar surface area (TPSA) is 38.5 Å². The molecule has 1 saturated heterocycles. The summed E-state index contributed by atoms with van der Waals surface area (Å²) in [5.41, 5.74) is 6.40. The van der Waals surface area contributed by atoms with Crippen LogP contribution in [0.3, 0.4) is 0 Å². The van der Waals surface area contributed by atoms with Crippen LogP contribution in [0.2, 0.25) is 0 Å². The predicted molar refractivity (Wildman–Crippen MR) is 75.5 cm³/mol. The van der Waals surface area contributed by atoms with E-state index < -0.39 is 0 Å². The highest BCUT2D eigenvalue weighted by Gasteiger charge is 2.35. The highest BCUT2D eigenvalue weighted by molar-refractivity contribution is 4.91. The van der Waals surface area contributed by atoms with E-state index in [0.717, 1.165) is 31.0 Å². The van der Waals surface area contributed by atoms with Crippen LogP contribution in [0.25, 0.3) is 0 Å². The average molecular weight is 254 g/mol. The second kappa shape index (κ2) is 6.36. The lowest BCUT2D eigenvalue weighted by Crippen LogP contribution is -2.54. The quantitative estimate of drug-likeness (QED) is 0.838. The van der Waals surface area contributed by atoms with Crippen molar-refractivity contribution in [2.24, 2.45) is 23.5 Å². The summed E-state index contributed by atoms with van der Waals surface area (Å²) in [5.74, 6) is 2.33. The van der Waals surface area contributed by atoms with Crippen molar-refractivity contribution in [1.82, 2.24) is 4.90 Å². The third kappa shape index (κ3) is 3.46. The summed E-state index contributed by atoms with van der Waals surface area (Å²) < 4.78 is 5.44. The minimum Gasteiger partial charge on any atom is -0.381 e. The summed E-state index contributed by atoms with van der Waals surface area (Å²) in [6.45, 7) is 7.80. The Bertz CT molecular complexity index is 241. The maximum Gasteiger partial charge on any atom is 0.0469 e. The van der Waals surface area contributed by atoms with Gasteiger partial charge in [-0.05, 0) is 50.5 Å². The fourth-order valence-electron chi connectivity index (χ4n) is 4.12. The maximum atomic E-state index is 6.40. The molecule has 3 heteroatoms. The summed E-state index contributed by atoms with van der Waals surface area (Å²) in [7, 11) is 2.27. The lowest BCUT2D eigenvalue weighted by Gasteiger charge is -2.44. The van der Waals surface area contributed by atoms with Gasteiger partial charge in [0.15, 0.2) is 0 Å². The van der Waals surface area contributed by atoms with Gasteiger partial charge in [-0.3, -0.25) is 0 Å². The van der Waals surface area contributed by atoms with Gasteiger partial charge < -0.3 is 15.4 Å². The molecule has 2 aliphatic rings. The van der Waals surface area contributed by atoms with Gasteiger partial charge in [-0.15, -0.1) is 0 Å². The van der Waals surface area contributed by atoms with E-state index in [2.05, 4.69) is 25.8 Å². The normalized spacial score (nSPS) is 39.2. The molecule has 1 saturated carbocycles. The summed E-state index contributed by atoms with van der Waals surface area (Å²) >= 11 is 0. The number of hydrogen-bond acceptors (Lipinski definition) is 3. The zero-order valence-electron chi connectivity index (χ0n) is 12.3. The Balaban J connectivity index is 1.88. The van der Waals surface area contributed by atoms with Crippen LogP contribution < -0.4 is 5.73 Å². The van der Waals surface area contributed by atoms with Crippen LogP contribution in [0.4, 0.5) is 0 Å². The zero-order chi connectivity index (χ0) is 13.1. The van der Waals surface area contributed by atoms with Crippen molar-refractivity contribution in [3.63, 3.8) is 0 Å². The van der Waals surface area contributed by atoms with E-state index in [0.29, 0.717) is 12.1 Å². The SMILES string of the molecule is CC1CC(C)C(N(C)CC2CCOCC2)C(N)C1. The van der Waals surface area contributed by atoms with E-state index in [1.54, 1.807) is 0 Å². The molecule has 2 rings (SSSR count). The Morgan fingerprint density at radius 1 is 1.17 bits per heavy atom. The minimum atomic E-state index is 0.355. The maximum absolute atomic E-state index is 6.40. The smallest absolute Gasteiger partial charge is 0.0469 e. The van der Waals surface area contributed by atoms with Gasteiger partial charge in [0.05, 0.1) is 0 Å². The van der Waals surface area contributed by atoms with Crippen LogP contribution in [0.15, 0.2) is 0 Å². The summed E-state index contributed by atoms with van der Waals surface area (Å²) in [6, 6.07) is 0.928. The van der Waals surface area contributed by atoms with Crippen molar-refractivity contribution in [3.05, 3.63) is 0 Å². The molecule has 0 bridgehead atoms. The molecule has 0 aromatic rings. The molecule has 4 atom stereocenters. The first-order chi connectivity index (χ1) is 8.58. The van der Waals surface area contributed by atoms with Gasteiger partial charge in [-0.25, -0.2) is 0 Å². The van der Waals surface area contributed by atoms with Crippen LogP contribution in [-0.2, 0) is 4.74 Å². The molecular weight excluding hydrogens is 224 g/mol. The number of ether oxygens (including phenoxy) is 1. The number of hydrogen-bond donors (Lipinski definition) is 1. The molecule has 2 N–H and O–H groups in total. The lowest BCUT2D eigenvalue weighted by atomic mass is 9.76. The highest BCUT2D eigenvalue weighted by atomic mass is 16.5. The van der Waals surface area contributed by atoms with Gasteiger partial charge in [0.2, 0.25) is 0 Å². The molecule has 2 fully saturated rings. The third-order valence-electron chi connectivity index (χ3n) is 4.87. The van der Waals surface area contributed by atoms with Crippen LogP contribution in [0, 0.1) is 17.8 Å². The van der Waals surface area contributed by atoms with Crippen molar-refractivity contribution in [1.29, 1.82) is 0 Å². The van der Waals surface area contributed by atoms with Gasteiger partial charge >= 0.3 is 0 Å². The van der Waals surface area contributed by atoms with Crippen molar-refractivity contribution in [2.75, 3.05) is 26.8 Å². The van der Waals surface area contributed by atoms with E-state index in [4.69, 9.17) is 10.5 Å². The Morgan fingerprint density at radius 3 is 2.44 bits per heavy atom. The highest BCUT2D eigenvalue weighted by Crippen LogP contribution is 2.31. The molecule has 106 valence electrons. The van der Waals surface area contributed by atoms with Crippen molar-refractivity contribution < 1.29 is 4.74 Å². The fraction of sp³-hybridized carbons (Fsp3) is 1.00. The largest absolute Gasteiger partial charge is 0.381 e. The lowest BCUT2D eigenvalue weighted by molar-refractivity contribution is 0.0329. The second-order valence-corrected chi connectivity index (χ2v) is 6.70. The standard InChI is InChI=1S/C15H30N2O/c1-11-8-12(2)15(14(16)9-11)17(3)10-13-4-6-18-7-5-13/h11-15H,4-10,16H2,1-3H3. The molecule has 0 amide bonds. The number of nitrogens with two attached hydrogens (primary N) is 1. The molecule has 1 heterocycles. The summed E-state index contributed by atoms with van der Waals surface area (Å²) in [4.78, 5) is 2.54. The van der Waals surface area contributed by atoms with Crippen LogP contribution in [0.1, 0.15) is 39.5 Å². The Kier molecular flexibility index (Phi) is 5.05. The molecular formula is C15H30N2O. The number of nitrogens with zero attached hydrogens (tertiary/aromatic N) is 1. The molecule has 3 nitrogen and oxygen atoms in total. The Morgan fingerprint density at radius 2 is 1.83 bits per heavy atom. The summed E-state index contributed by atoms with van der Waals surface area (Å²) in [5, 5.41) is 0. The number of rotatable bonds is 3. The van der Waals surface area contributed by atoms with Gasteiger partial charge in [0.1, 0.15) is 0 Å². The van der Waals surface area contributed by atoms with Gasteiger partial charge in [0, 0.05) is 31.8 Å². The van der Waals surface area contributed by atoms with E-state index >= 15 is 0 Å². The molecule has 0 radical (unpaired) electrons. The van der Waals surface area contributed by atoms with Crippen molar-refractivity contribution in [2.45, 2.75) is 51.6 Å². The predicted octanol–water partition coefficient (Wildman–Crippen LogP) is 2.11. The van der Waals surface area contributed by atoms with Crippen LogP contribution >= 0.6 is 0 Å². The molecule has 0 aromatic carbocycles. The molecule has 18 heavy (non-hydrogen) atoms. The van der Waals surface area contributed by atoms with Gasteiger partial charge in [-0.2, -0.15) is 0 Å². The molecule has 0 aromatic heterocycles. The zero-order valence-corrected chi connectivity index (χ0v) is 12.3. The molecule has 4 unspecified atom stereocenters. The van der Waals surface area contributed by atoms with Crippen LogP contribution in [0.5, 0.6) is 0 Å². The first-order valence-corrected chi connectivity index (χ1v) is 7.61. The molecule has 1 aliphatic carbocycles. The number of likely N-dealkylation sites (N-methyl/N-ethyl adjacent to an activating group) is 1. The van der Waals surface area contributed by atoms with Crippen molar-refractivity contribution in [3.8, 4) is 0 Å². The molecule has 0 spiro atoms. The summed E-state index contributed by atoms with van der Waals surface area (Å²) in [6.07, 6.45) is 4.96. The Hall–Kier alpha value is -0.120. The second-order valence-electron chi connectivity index (χ2n) is 6.70. The van der Waals surface area contributed by atoms with E-state index in [9.17, 15) is 0 Å². The fourth-order valence-corrected chi connectivity index (χ4v) is 4.12. The Labute approximate surface area is 112 Å². The van der Waals surface area contributed by atoms with Gasteiger partial charge in [0.25, 0.3) is 0 Å². The van der Waals surface area contributed by atoms with E-state index in [-0.39, 0.29) is 0 Å². The van der Waals surface area contributed by atoms with Gasteiger partial charge in [-0.1, -0.05) is 13.8 Å². The average Bonchev–Trinajstić information content (AvgIpc) is 2.28. The van der Waals surface area contributed by atoms with Crippen LogP contribution in [-0.4, -0.2) is 43.8 Å². The van der Waals surface area contributed by atoms with Crippen molar-refractivity contribution >= 4 is 0 Å². The minimum absolute atomic E-state index is 0.355.